The number of piperidine rings is 1. The molecule has 176 valence electrons. The van der Waals surface area contributed by atoms with E-state index in [1.54, 1.807) is 17.0 Å². The molecule has 0 saturated carbocycles. The number of carbonyl (C=O) groups excluding carboxylic acids is 2. The molecule has 7 heteroatoms. The van der Waals surface area contributed by atoms with E-state index in [4.69, 9.17) is 0 Å². The number of likely N-dealkylation sites (tertiary alicyclic amines) is 1. The average Bonchev–Trinajstić information content (AvgIpc) is 3.34. The highest BCUT2D eigenvalue weighted by Crippen LogP contribution is 2.34. The summed E-state index contributed by atoms with van der Waals surface area (Å²) in [4.78, 5) is 29.0. The number of nitrogens with zero attached hydrogens (tertiary/aromatic N) is 1. The molecule has 1 saturated heterocycles. The lowest BCUT2D eigenvalue weighted by Gasteiger charge is -2.38. The maximum Gasteiger partial charge on any atom is 0.270 e. The first-order valence-corrected chi connectivity index (χ1v) is 12.8. The van der Waals surface area contributed by atoms with Crippen molar-refractivity contribution in [3.05, 3.63) is 97.3 Å². The van der Waals surface area contributed by atoms with E-state index in [9.17, 15) is 14.7 Å². The van der Waals surface area contributed by atoms with Crippen LogP contribution in [0.1, 0.15) is 44.8 Å². The van der Waals surface area contributed by atoms with Crippen LogP contribution in [0.2, 0.25) is 0 Å². The number of hydrogen-bond donors (Lipinski definition) is 2. The smallest absolute Gasteiger partial charge is 0.270 e. The van der Waals surface area contributed by atoms with Crippen LogP contribution in [0, 0.1) is 13.8 Å². The lowest BCUT2D eigenvalue weighted by atomic mass is 9.84. The molecule has 1 aliphatic rings. The van der Waals surface area contributed by atoms with E-state index in [1.807, 2.05) is 67.8 Å². The summed E-state index contributed by atoms with van der Waals surface area (Å²) in [7, 11) is 0. The highest BCUT2D eigenvalue weighted by molar-refractivity contribution is 9.10. The highest BCUT2D eigenvalue weighted by atomic mass is 79.9. The fourth-order valence-corrected chi connectivity index (χ4v) is 4.96. The number of hydrogen-bond acceptors (Lipinski definition) is 4. The fraction of sp³-hybridized carbons (Fsp3) is 0.259. The molecule has 0 spiro atoms. The second-order valence-electron chi connectivity index (χ2n) is 8.66. The van der Waals surface area contributed by atoms with E-state index in [-0.39, 0.29) is 17.5 Å². The van der Waals surface area contributed by atoms with Gasteiger partial charge >= 0.3 is 0 Å². The molecule has 5 nitrogen and oxygen atoms in total. The van der Waals surface area contributed by atoms with E-state index in [2.05, 4.69) is 21.2 Å². The summed E-state index contributed by atoms with van der Waals surface area (Å²) in [5.74, 6) is -0.564. The summed E-state index contributed by atoms with van der Waals surface area (Å²) in [6.07, 6.45) is 2.58. The molecule has 34 heavy (non-hydrogen) atoms. The van der Waals surface area contributed by atoms with Gasteiger partial charge in [0.15, 0.2) is 0 Å². The zero-order valence-electron chi connectivity index (χ0n) is 19.2. The predicted octanol–water partition coefficient (Wildman–Crippen LogP) is 5.41. The summed E-state index contributed by atoms with van der Waals surface area (Å²) in [5, 5.41) is 16.0. The van der Waals surface area contributed by atoms with Gasteiger partial charge in [-0.05, 0) is 85.2 Å². The summed E-state index contributed by atoms with van der Waals surface area (Å²) in [6.45, 7) is 4.74. The zero-order valence-corrected chi connectivity index (χ0v) is 21.6. The van der Waals surface area contributed by atoms with Crippen molar-refractivity contribution in [2.75, 3.05) is 13.1 Å². The van der Waals surface area contributed by atoms with Gasteiger partial charge in [-0.15, -0.1) is 11.3 Å². The van der Waals surface area contributed by atoms with E-state index in [1.165, 1.54) is 11.3 Å². The first-order valence-electron chi connectivity index (χ1n) is 11.2. The van der Waals surface area contributed by atoms with Gasteiger partial charge in [-0.1, -0.05) is 40.2 Å². The number of thiophene rings is 1. The number of halogens is 1. The molecule has 2 aromatic carbocycles. The average molecular weight is 539 g/mol. The largest absolute Gasteiger partial charge is 0.385 e. The third-order valence-corrected chi connectivity index (χ3v) is 7.68. The topological polar surface area (TPSA) is 69.6 Å². The van der Waals surface area contributed by atoms with Gasteiger partial charge in [0.1, 0.15) is 5.70 Å². The lowest BCUT2D eigenvalue weighted by Crippen LogP contribution is -2.47. The molecule has 0 radical (unpaired) electrons. The van der Waals surface area contributed by atoms with Gasteiger partial charge in [-0.25, -0.2) is 0 Å². The Morgan fingerprint density at radius 2 is 1.76 bits per heavy atom. The fourth-order valence-electron chi connectivity index (χ4n) is 4.04. The quantitative estimate of drug-likeness (QED) is 0.426. The molecule has 1 aliphatic heterocycles. The van der Waals surface area contributed by atoms with Gasteiger partial charge in [0.2, 0.25) is 0 Å². The zero-order chi connectivity index (χ0) is 24.3. The number of nitrogens with one attached hydrogen (secondary N) is 1. The van der Waals surface area contributed by atoms with Crippen LogP contribution in [0.4, 0.5) is 0 Å². The molecular weight excluding hydrogens is 512 g/mol. The van der Waals surface area contributed by atoms with Crippen molar-refractivity contribution in [1.29, 1.82) is 0 Å². The highest BCUT2D eigenvalue weighted by Gasteiger charge is 2.36. The van der Waals surface area contributed by atoms with E-state index in [0.29, 0.717) is 31.5 Å². The van der Waals surface area contributed by atoms with Crippen LogP contribution in [0.5, 0.6) is 0 Å². The normalized spacial score (nSPS) is 15.8. The predicted molar refractivity (Wildman–Crippen MR) is 140 cm³/mol. The van der Waals surface area contributed by atoms with Crippen LogP contribution in [0.25, 0.3) is 6.08 Å². The minimum absolute atomic E-state index is 0.236. The molecular formula is C27H27BrN2O3S. The van der Waals surface area contributed by atoms with Crippen LogP contribution in [0.15, 0.2) is 70.1 Å². The molecule has 0 bridgehead atoms. The van der Waals surface area contributed by atoms with Crippen LogP contribution < -0.4 is 5.32 Å². The SMILES string of the molecule is Cc1ccc(C(=O)NC(=Cc2cccs2)C(=O)N2CCC(O)(c3ccc(Br)cc3)CC2)cc1C. The van der Waals surface area contributed by atoms with Crippen LogP contribution >= 0.6 is 27.3 Å². The molecule has 0 aliphatic carbocycles. The third kappa shape index (κ3) is 5.49. The van der Waals surface area contributed by atoms with Crippen LogP contribution in [-0.4, -0.2) is 34.9 Å². The Hall–Kier alpha value is -2.74. The Labute approximate surface area is 212 Å². The Bertz CT molecular complexity index is 1210. The van der Waals surface area contributed by atoms with E-state index >= 15 is 0 Å². The number of benzene rings is 2. The van der Waals surface area contributed by atoms with Crippen LogP contribution in [-0.2, 0) is 10.4 Å². The Morgan fingerprint density at radius 3 is 2.38 bits per heavy atom. The number of amides is 2. The van der Waals surface area contributed by atoms with Crippen molar-refractivity contribution < 1.29 is 14.7 Å². The Balaban J connectivity index is 1.52. The van der Waals surface area contributed by atoms with Gasteiger partial charge in [-0.2, -0.15) is 0 Å². The monoisotopic (exact) mass is 538 g/mol. The van der Waals surface area contributed by atoms with Crippen LogP contribution in [0.3, 0.4) is 0 Å². The number of aliphatic hydroxyl groups is 1. The molecule has 0 atom stereocenters. The minimum Gasteiger partial charge on any atom is -0.385 e. The first-order chi connectivity index (χ1) is 16.2. The minimum atomic E-state index is -0.974. The second kappa shape index (κ2) is 10.3. The summed E-state index contributed by atoms with van der Waals surface area (Å²) >= 11 is 4.92. The van der Waals surface area contributed by atoms with Crippen molar-refractivity contribution in [2.45, 2.75) is 32.3 Å². The molecule has 2 N–H and O–H groups in total. The molecule has 4 rings (SSSR count). The number of aryl methyl sites for hydroxylation is 2. The van der Waals surface area contributed by atoms with Crippen molar-refractivity contribution in [1.82, 2.24) is 10.2 Å². The van der Waals surface area contributed by atoms with Crippen molar-refractivity contribution in [3.8, 4) is 0 Å². The van der Waals surface area contributed by atoms with Gasteiger partial charge in [-0.3, -0.25) is 9.59 Å². The van der Waals surface area contributed by atoms with Gasteiger partial charge in [0.05, 0.1) is 5.60 Å². The van der Waals surface area contributed by atoms with Gasteiger partial charge < -0.3 is 15.3 Å². The maximum atomic E-state index is 13.5. The summed E-state index contributed by atoms with van der Waals surface area (Å²) in [5.41, 5.74) is 2.74. The van der Waals surface area contributed by atoms with Crippen molar-refractivity contribution in [3.63, 3.8) is 0 Å². The van der Waals surface area contributed by atoms with E-state index < -0.39 is 5.60 Å². The first kappa shape index (κ1) is 24.4. The lowest BCUT2D eigenvalue weighted by molar-refractivity contribution is -0.131. The number of rotatable bonds is 5. The number of carbonyl (C=O) groups is 2. The summed E-state index contributed by atoms with van der Waals surface area (Å²) < 4.78 is 0.954. The summed E-state index contributed by atoms with van der Waals surface area (Å²) in [6, 6.07) is 17.0. The molecule has 2 amide bonds. The third-order valence-electron chi connectivity index (χ3n) is 6.34. The molecule has 0 unspecified atom stereocenters. The van der Waals surface area contributed by atoms with E-state index in [0.717, 1.165) is 26.0 Å². The second-order valence-corrected chi connectivity index (χ2v) is 10.6. The maximum absolute atomic E-state index is 13.5. The van der Waals surface area contributed by atoms with Crippen molar-refractivity contribution >= 4 is 45.2 Å². The standard InChI is InChI=1S/C27H27BrN2O3S/c1-18-5-6-20(16-19(18)2)25(31)29-24(17-23-4-3-15-34-23)26(32)30-13-11-27(33,12-14-30)21-7-9-22(28)10-8-21/h3-10,15-17,33H,11-14H2,1-2H3,(H,29,31). The molecule has 2 heterocycles. The molecule has 1 aromatic heterocycles. The molecule has 3 aromatic rings. The molecule has 1 fully saturated rings. The van der Waals surface area contributed by atoms with Crippen molar-refractivity contribution in [2.24, 2.45) is 0 Å². The van der Waals surface area contributed by atoms with Gasteiger partial charge in [0, 0.05) is 28.0 Å². The van der Waals surface area contributed by atoms with Gasteiger partial charge in [0.25, 0.3) is 11.8 Å². The Morgan fingerprint density at radius 1 is 1.06 bits per heavy atom. The Kier molecular flexibility index (Phi) is 7.36.